The van der Waals surface area contributed by atoms with Crippen LogP contribution < -0.4 is 16.4 Å². The molecule has 0 aliphatic rings. The van der Waals surface area contributed by atoms with Crippen molar-refractivity contribution in [3.63, 3.8) is 0 Å². The molecule has 9 heteroatoms. The summed E-state index contributed by atoms with van der Waals surface area (Å²) >= 11 is 12.1. The number of nitrogens with one attached hydrogen (secondary N) is 2. The molecule has 4 N–H and O–H groups in total. The van der Waals surface area contributed by atoms with E-state index in [1.54, 1.807) is 42.5 Å². The number of halogens is 2. The maximum atomic E-state index is 12.0. The fourth-order valence-corrected chi connectivity index (χ4v) is 2.92. The van der Waals surface area contributed by atoms with Gasteiger partial charge in [-0.25, -0.2) is 14.8 Å². The van der Waals surface area contributed by atoms with Crippen molar-refractivity contribution in [2.24, 2.45) is 5.92 Å². The lowest BCUT2D eigenvalue weighted by Gasteiger charge is -2.14. The molecule has 1 aromatic heterocycles. The number of hydrogen-bond donors (Lipinski definition) is 3. The second-order valence-electron chi connectivity index (χ2n) is 6.93. The molecule has 0 unspecified atom stereocenters. The molecular formula is C21H21Cl2N5O2. The lowest BCUT2D eigenvalue weighted by atomic mass is 10.2. The predicted octanol–water partition coefficient (Wildman–Crippen LogP) is 5.67. The van der Waals surface area contributed by atoms with Crippen molar-refractivity contribution in [2.75, 3.05) is 23.0 Å². The first kappa shape index (κ1) is 21.7. The smallest absolute Gasteiger partial charge is 0.338 e. The van der Waals surface area contributed by atoms with E-state index in [2.05, 4.69) is 20.6 Å². The number of hydrogen-bond acceptors (Lipinski definition) is 7. The summed E-state index contributed by atoms with van der Waals surface area (Å²) in [6.07, 6.45) is 1.38. The molecule has 7 nitrogen and oxygen atoms in total. The molecule has 3 rings (SSSR count). The van der Waals surface area contributed by atoms with E-state index in [0.717, 1.165) is 0 Å². The summed E-state index contributed by atoms with van der Waals surface area (Å²) in [7, 11) is 0. The van der Waals surface area contributed by atoms with E-state index < -0.39 is 0 Å². The summed E-state index contributed by atoms with van der Waals surface area (Å²) in [5, 5.41) is 7.16. The first-order valence-electron chi connectivity index (χ1n) is 9.20. The van der Waals surface area contributed by atoms with E-state index in [-0.39, 0.29) is 11.9 Å². The molecule has 0 fully saturated rings. The van der Waals surface area contributed by atoms with Crippen LogP contribution in [0.5, 0.6) is 0 Å². The second kappa shape index (κ2) is 9.65. The van der Waals surface area contributed by atoms with Crippen molar-refractivity contribution >= 4 is 57.9 Å². The van der Waals surface area contributed by atoms with Crippen LogP contribution in [0.1, 0.15) is 24.2 Å². The Balaban J connectivity index is 1.73. The molecule has 30 heavy (non-hydrogen) atoms. The van der Waals surface area contributed by atoms with Crippen molar-refractivity contribution in [1.82, 2.24) is 9.97 Å². The van der Waals surface area contributed by atoms with E-state index >= 15 is 0 Å². The van der Waals surface area contributed by atoms with Crippen LogP contribution in [-0.4, -0.2) is 22.5 Å². The number of ether oxygens (including phenoxy) is 1. The summed E-state index contributed by atoms with van der Waals surface area (Å²) in [6.45, 7) is 4.34. The molecule has 1 heterocycles. The molecular weight excluding hydrogens is 425 g/mol. The minimum atomic E-state index is -0.358. The highest BCUT2D eigenvalue weighted by Crippen LogP contribution is 2.32. The zero-order valence-corrected chi connectivity index (χ0v) is 18.0. The highest BCUT2D eigenvalue weighted by molar-refractivity contribution is 6.36. The van der Waals surface area contributed by atoms with E-state index in [1.165, 1.54) is 6.33 Å². The number of anilines is 5. The van der Waals surface area contributed by atoms with Gasteiger partial charge < -0.3 is 21.1 Å². The number of carbonyl (C=O) groups is 1. The van der Waals surface area contributed by atoms with Gasteiger partial charge in [-0.3, -0.25) is 0 Å². The monoisotopic (exact) mass is 445 g/mol. The van der Waals surface area contributed by atoms with Gasteiger partial charge in [0.1, 0.15) is 12.0 Å². The molecule has 0 radical (unpaired) electrons. The number of esters is 1. The Bertz CT molecular complexity index is 1040. The molecule has 0 atom stereocenters. The van der Waals surface area contributed by atoms with Crippen LogP contribution in [0.4, 0.5) is 28.7 Å². The maximum absolute atomic E-state index is 12.0. The summed E-state index contributed by atoms with van der Waals surface area (Å²) in [5.41, 5.74) is 8.31. The Kier molecular flexibility index (Phi) is 6.97. The van der Waals surface area contributed by atoms with Crippen molar-refractivity contribution in [2.45, 2.75) is 13.8 Å². The Hall–Kier alpha value is -3.03. The van der Waals surface area contributed by atoms with Crippen LogP contribution in [0.25, 0.3) is 0 Å². The zero-order valence-electron chi connectivity index (χ0n) is 16.4. The van der Waals surface area contributed by atoms with Gasteiger partial charge in [-0.2, -0.15) is 0 Å². The molecule has 0 saturated heterocycles. The van der Waals surface area contributed by atoms with Crippen LogP contribution >= 0.6 is 23.2 Å². The third kappa shape index (κ3) is 5.52. The van der Waals surface area contributed by atoms with Gasteiger partial charge in [-0.05, 0) is 48.4 Å². The van der Waals surface area contributed by atoms with Gasteiger partial charge in [0.2, 0.25) is 0 Å². The summed E-state index contributed by atoms with van der Waals surface area (Å²) < 4.78 is 5.23. The number of nitrogens with zero attached hydrogens (tertiary/aromatic N) is 2. The Morgan fingerprint density at radius 2 is 1.73 bits per heavy atom. The predicted molar refractivity (Wildman–Crippen MR) is 121 cm³/mol. The molecule has 0 aliphatic heterocycles. The quantitative estimate of drug-likeness (QED) is 0.402. The van der Waals surface area contributed by atoms with Crippen LogP contribution in [0.3, 0.4) is 0 Å². The third-order valence-electron chi connectivity index (χ3n) is 4.00. The van der Waals surface area contributed by atoms with E-state index in [1.807, 2.05) is 13.8 Å². The number of aromatic nitrogens is 2. The van der Waals surface area contributed by atoms with Crippen LogP contribution in [0, 0.1) is 5.92 Å². The Labute approximate surface area is 184 Å². The van der Waals surface area contributed by atoms with Gasteiger partial charge in [0, 0.05) is 10.7 Å². The van der Waals surface area contributed by atoms with E-state index in [0.29, 0.717) is 50.9 Å². The van der Waals surface area contributed by atoms with E-state index in [4.69, 9.17) is 33.7 Å². The highest BCUT2D eigenvalue weighted by Gasteiger charge is 2.12. The summed E-state index contributed by atoms with van der Waals surface area (Å²) in [5.74, 6) is 0.725. The first-order chi connectivity index (χ1) is 14.3. The lowest BCUT2D eigenvalue weighted by molar-refractivity contribution is 0.0459. The standard InChI is InChI=1S/C21H21Cl2N5O2/c1-12(2)10-30-21(29)13-3-6-15(7-4-13)27-19-18(24)20(26-11-25-19)28-17-8-5-14(22)9-16(17)23/h3-9,11-12H,10,24H2,1-2H3,(H2,25,26,27,28). The largest absolute Gasteiger partial charge is 0.462 e. The van der Waals surface area contributed by atoms with Crippen molar-refractivity contribution in [3.8, 4) is 0 Å². The van der Waals surface area contributed by atoms with Gasteiger partial charge >= 0.3 is 5.97 Å². The molecule has 0 aliphatic carbocycles. The van der Waals surface area contributed by atoms with Gasteiger partial charge in [0.15, 0.2) is 11.6 Å². The molecule has 0 saturated carbocycles. The van der Waals surface area contributed by atoms with Gasteiger partial charge in [0.25, 0.3) is 0 Å². The normalized spacial score (nSPS) is 10.7. The molecule has 156 valence electrons. The lowest BCUT2D eigenvalue weighted by Crippen LogP contribution is -2.10. The molecule has 0 amide bonds. The fourth-order valence-electron chi connectivity index (χ4n) is 2.47. The SMILES string of the molecule is CC(C)COC(=O)c1ccc(Nc2ncnc(Nc3ccc(Cl)cc3Cl)c2N)cc1. The topological polar surface area (TPSA) is 102 Å². The summed E-state index contributed by atoms with van der Waals surface area (Å²) in [6, 6.07) is 11.9. The summed E-state index contributed by atoms with van der Waals surface area (Å²) in [4.78, 5) is 20.4. The van der Waals surface area contributed by atoms with E-state index in [9.17, 15) is 4.79 Å². The number of rotatable bonds is 7. The number of nitrogen functional groups attached to an aromatic ring is 1. The molecule has 0 spiro atoms. The maximum Gasteiger partial charge on any atom is 0.338 e. The Morgan fingerprint density at radius 1 is 1.07 bits per heavy atom. The number of nitrogens with two attached hydrogens (primary N) is 1. The van der Waals surface area contributed by atoms with Crippen molar-refractivity contribution in [1.29, 1.82) is 0 Å². The van der Waals surface area contributed by atoms with Crippen LogP contribution in [-0.2, 0) is 4.74 Å². The van der Waals surface area contributed by atoms with Gasteiger partial charge in [-0.1, -0.05) is 37.0 Å². The minimum Gasteiger partial charge on any atom is -0.462 e. The second-order valence-corrected chi connectivity index (χ2v) is 7.77. The average Bonchev–Trinajstić information content (AvgIpc) is 2.71. The minimum absolute atomic E-state index is 0.279. The first-order valence-corrected chi connectivity index (χ1v) is 9.96. The highest BCUT2D eigenvalue weighted by atomic mass is 35.5. The van der Waals surface area contributed by atoms with Gasteiger partial charge in [0.05, 0.1) is 22.9 Å². The molecule has 0 bridgehead atoms. The zero-order chi connectivity index (χ0) is 21.7. The van der Waals surface area contributed by atoms with Crippen molar-refractivity contribution in [3.05, 3.63) is 64.4 Å². The third-order valence-corrected chi connectivity index (χ3v) is 4.55. The Morgan fingerprint density at radius 3 is 2.37 bits per heavy atom. The molecule has 2 aromatic carbocycles. The fraction of sp³-hybridized carbons (Fsp3) is 0.190. The average molecular weight is 446 g/mol. The number of carbonyl (C=O) groups excluding carboxylic acids is 1. The van der Waals surface area contributed by atoms with Crippen LogP contribution in [0.2, 0.25) is 10.0 Å². The molecule has 3 aromatic rings. The van der Waals surface area contributed by atoms with Crippen LogP contribution in [0.15, 0.2) is 48.8 Å². The number of benzene rings is 2. The van der Waals surface area contributed by atoms with Gasteiger partial charge in [-0.15, -0.1) is 0 Å². The van der Waals surface area contributed by atoms with Crippen molar-refractivity contribution < 1.29 is 9.53 Å².